The molecule has 1 N–H and O–H groups in total. The quantitative estimate of drug-likeness (QED) is 0.213. The monoisotopic (exact) mass is 529 g/mol. The van der Waals surface area contributed by atoms with Crippen LogP contribution in [0.15, 0.2) is 88.9 Å². The highest BCUT2D eigenvalue weighted by molar-refractivity contribution is 9.10. The number of hydrogen-bond acceptors (Lipinski definition) is 3. The fraction of sp³-hybridized carbons (Fsp3) is 0.0741. The lowest BCUT2D eigenvalue weighted by molar-refractivity contribution is -0.122. The second-order valence-electron chi connectivity index (χ2n) is 8.02. The maximum Gasteiger partial charge on any atom is 0.270 e. The zero-order valence-electron chi connectivity index (χ0n) is 18.3. The van der Waals surface area contributed by atoms with Crippen molar-refractivity contribution in [3.05, 3.63) is 106 Å². The second kappa shape index (κ2) is 9.00. The van der Waals surface area contributed by atoms with Gasteiger partial charge in [-0.1, -0.05) is 64.5 Å². The van der Waals surface area contributed by atoms with E-state index in [1.807, 2.05) is 55.5 Å². The molecule has 168 valence electrons. The fourth-order valence-electron chi connectivity index (χ4n) is 4.24. The lowest BCUT2D eigenvalue weighted by atomic mass is 10.0. The number of anilines is 1. The molecule has 0 saturated carbocycles. The van der Waals surface area contributed by atoms with E-state index in [0.29, 0.717) is 12.2 Å². The van der Waals surface area contributed by atoms with Gasteiger partial charge in [0.15, 0.2) is 5.11 Å². The summed E-state index contributed by atoms with van der Waals surface area (Å²) in [6.45, 7) is 2.70. The van der Waals surface area contributed by atoms with Crippen LogP contribution in [0.2, 0.25) is 0 Å². The van der Waals surface area contributed by atoms with E-state index in [9.17, 15) is 9.59 Å². The molecule has 1 aliphatic rings. The normalized spacial score (nSPS) is 15.3. The molecule has 1 saturated heterocycles. The van der Waals surface area contributed by atoms with Gasteiger partial charge in [0.2, 0.25) is 0 Å². The molecule has 0 spiro atoms. The molecule has 0 radical (unpaired) electrons. The smallest absolute Gasteiger partial charge is 0.270 e. The van der Waals surface area contributed by atoms with Crippen LogP contribution in [0.5, 0.6) is 0 Å². The van der Waals surface area contributed by atoms with Crippen molar-refractivity contribution >= 4 is 67.7 Å². The number of hydrogen-bond donors (Lipinski definition) is 1. The summed E-state index contributed by atoms with van der Waals surface area (Å²) in [6.07, 6.45) is 1.68. The molecule has 3 aromatic carbocycles. The molecule has 0 bridgehead atoms. The molecule has 5 rings (SSSR count). The van der Waals surface area contributed by atoms with Gasteiger partial charge in [-0.05, 0) is 61.1 Å². The van der Waals surface area contributed by atoms with Gasteiger partial charge in [0.25, 0.3) is 11.8 Å². The molecule has 0 aliphatic carbocycles. The highest BCUT2D eigenvalue weighted by Gasteiger charge is 2.35. The lowest BCUT2D eigenvalue weighted by Crippen LogP contribution is -2.54. The molecular weight excluding hydrogens is 510 g/mol. The molecule has 7 heteroatoms. The number of para-hydroxylation sites is 1. The van der Waals surface area contributed by atoms with Crippen molar-refractivity contribution in [2.45, 2.75) is 13.5 Å². The van der Waals surface area contributed by atoms with Crippen LogP contribution in [0.25, 0.3) is 17.0 Å². The van der Waals surface area contributed by atoms with E-state index in [4.69, 9.17) is 12.2 Å². The third-order valence-electron chi connectivity index (χ3n) is 5.94. The van der Waals surface area contributed by atoms with Gasteiger partial charge in [0.05, 0.1) is 5.69 Å². The van der Waals surface area contributed by atoms with E-state index < -0.39 is 11.8 Å². The Morgan fingerprint density at radius 2 is 1.62 bits per heavy atom. The average Bonchev–Trinajstić information content (AvgIpc) is 3.09. The van der Waals surface area contributed by atoms with Crippen molar-refractivity contribution in [2.24, 2.45) is 0 Å². The van der Waals surface area contributed by atoms with Crippen LogP contribution in [0.4, 0.5) is 5.69 Å². The number of halogens is 1. The molecule has 1 fully saturated rings. The Morgan fingerprint density at radius 1 is 0.941 bits per heavy atom. The molecule has 0 unspecified atom stereocenters. The number of benzene rings is 3. The summed E-state index contributed by atoms with van der Waals surface area (Å²) in [7, 11) is 0. The highest BCUT2D eigenvalue weighted by Crippen LogP contribution is 2.30. The van der Waals surface area contributed by atoms with Gasteiger partial charge in [0.1, 0.15) is 5.57 Å². The first-order chi connectivity index (χ1) is 16.4. The minimum absolute atomic E-state index is 0.0437. The molecule has 1 aliphatic heterocycles. The molecule has 4 aromatic rings. The number of rotatable bonds is 4. The zero-order chi connectivity index (χ0) is 23.8. The molecule has 34 heavy (non-hydrogen) atoms. The summed E-state index contributed by atoms with van der Waals surface area (Å²) in [4.78, 5) is 27.7. The van der Waals surface area contributed by atoms with Crippen LogP contribution >= 0.6 is 28.1 Å². The topological polar surface area (TPSA) is 54.3 Å². The maximum atomic E-state index is 13.5. The molecule has 2 heterocycles. The van der Waals surface area contributed by atoms with Gasteiger partial charge in [-0.3, -0.25) is 19.8 Å². The van der Waals surface area contributed by atoms with Crippen LogP contribution in [0.3, 0.4) is 0 Å². The van der Waals surface area contributed by atoms with Gasteiger partial charge in [-0.25, -0.2) is 0 Å². The minimum Gasteiger partial charge on any atom is -0.340 e. The van der Waals surface area contributed by atoms with Crippen molar-refractivity contribution in [2.75, 3.05) is 4.90 Å². The minimum atomic E-state index is -0.498. The number of fused-ring (bicyclic) bond motifs is 1. The zero-order valence-corrected chi connectivity index (χ0v) is 20.7. The van der Waals surface area contributed by atoms with Crippen LogP contribution in [-0.4, -0.2) is 21.5 Å². The predicted molar refractivity (Wildman–Crippen MR) is 143 cm³/mol. The summed E-state index contributed by atoms with van der Waals surface area (Å²) in [5.74, 6) is -0.946. The maximum absolute atomic E-state index is 13.5. The van der Waals surface area contributed by atoms with Gasteiger partial charge >= 0.3 is 0 Å². The summed E-state index contributed by atoms with van der Waals surface area (Å²) in [5.41, 5.74) is 4.66. The number of nitrogens with one attached hydrogen (secondary N) is 1. The standard InChI is InChI=1S/C27H20BrN3O2S/c1-17-22(21-9-5-6-10-24(21)30(17)16-18-7-3-2-4-8-18)15-23-25(32)29-27(34)31(26(23)33)20-13-11-19(28)12-14-20/h2-15H,16H2,1H3,(H,29,32,34). The number of carbonyl (C=O) groups excluding carboxylic acids is 2. The Balaban J connectivity index is 1.61. The largest absolute Gasteiger partial charge is 0.340 e. The highest BCUT2D eigenvalue weighted by atomic mass is 79.9. The van der Waals surface area contributed by atoms with Gasteiger partial charge < -0.3 is 4.57 Å². The molecule has 0 atom stereocenters. The third-order valence-corrected chi connectivity index (χ3v) is 6.75. The van der Waals surface area contributed by atoms with E-state index >= 15 is 0 Å². The predicted octanol–water partition coefficient (Wildman–Crippen LogP) is 5.59. The summed E-state index contributed by atoms with van der Waals surface area (Å²) < 4.78 is 3.09. The first-order valence-corrected chi connectivity index (χ1v) is 11.9. The SMILES string of the molecule is Cc1c(C=C2C(=O)NC(=S)N(c3ccc(Br)cc3)C2=O)c2ccccc2n1Cc1ccccc1. The first kappa shape index (κ1) is 22.3. The summed E-state index contributed by atoms with van der Waals surface area (Å²) in [6, 6.07) is 25.4. The number of thiocarbonyl (C=S) groups is 1. The van der Waals surface area contributed by atoms with Crippen LogP contribution in [0, 0.1) is 6.92 Å². The van der Waals surface area contributed by atoms with E-state index in [0.717, 1.165) is 26.6 Å². The van der Waals surface area contributed by atoms with Gasteiger partial charge in [0, 0.05) is 33.2 Å². The van der Waals surface area contributed by atoms with E-state index in [1.165, 1.54) is 10.5 Å². The lowest BCUT2D eigenvalue weighted by Gasteiger charge is -2.29. The van der Waals surface area contributed by atoms with E-state index in [2.05, 4.69) is 44.0 Å². The Kier molecular flexibility index (Phi) is 5.89. The van der Waals surface area contributed by atoms with Crippen LogP contribution < -0.4 is 10.2 Å². The fourth-order valence-corrected chi connectivity index (χ4v) is 4.78. The number of aromatic nitrogens is 1. The molecule has 5 nitrogen and oxygen atoms in total. The average molecular weight is 530 g/mol. The van der Waals surface area contributed by atoms with Crippen molar-refractivity contribution in [3.63, 3.8) is 0 Å². The van der Waals surface area contributed by atoms with Crippen LogP contribution in [0.1, 0.15) is 16.8 Å². The van der Waals surface area contributed by atoms with Crippen molar-refractivity contribution in [1.82, 2.24) is 9.88 Å². The van der Waals surface area contributed by atoms with Gasteiger partial charge in [-0.2, -0.15) is 0 Å². The first-order valence-electron chi connectivity index (χ1n) is 10.7. The summed E-state index contributed by atoms with van der Waals surface area (Å²) in [5, 5.41) is 3.71. The van der Waals surface area contributed by atoms with Crippen molar-refractivity contribution in [1.29, 1.82) is 0 Å². The van der Waals surface area contributed by atoms with Gasteiger partial charge in [-0.15, -0.1) is 0 Å². The number of carbonyl (C=O) groups is 2. The second-order valence-corrected chi connectivity index (χ2v) is 9.32. The Bertz CT molecular complexity index is 1470. The Morgan fingerprint density at radius 3 is 2.35 bits per heavy atom. The molecular formula is C27H20BrN3O2S. The molecule has 1 aromatic heterocycles. The number of nitrogens with zero attached hydrogens (tertiary/aromatic N) is 2. The van der Waals surface area contributed by atoms with E-state index in [-0.39, 0.29) is 10.7 Å². The third kappa shape index (κ3) is 3.97. The number of amides is 2. The Hall–Kier alpha value is -3.55. The van der Waals surface area contributed by atoms with Crippen molar-refractivity contribution in [3.8, 4) is 0 Å². The molecule has 2 amide bonds. The van der Waals surface area contributed by atoms with Crippen LogP contribution in [-0.2, 0) is 16.1 Å². The summed E-state index contributed by atoms with van der Waals surface area (Å²) >= 11 is 8.73. The van der Waals surface area contributed by atoms with Crippen molar-refractivity contribution < 1.29 is 9.59 Å². The Labute approximate surface area is 210 Å². The van der Waals surface area contributed by atoms with E-state index in [1.54, 1.807) is 18.2 Å².